The number of likely N-dealkylation sites (tertiary alicyclic amines) is 1. The lowest BCUT2D eigenvalue weighted by Crippen LogP contribution is -2.41. The maximum atomic E-state index is 12.4. The summed E-state index contributed by atoms with van der Waals surface area (Å²) in [6.07, 6.45) is 1.92. The van der Waals surface area contributed by atoms with Gasteiger partial charge in [0, 0.05) is 19.0 Å². The molecule has 24 heavy (non-hydrogen) atoms. The number of fused-ring (bicyclic) bond motifs is 1. The van der Waals surface area contributed by atoms with Crippen LogP contribution >= 0.6 is 0 Å². The van der Waals surface area contributed by atoms with Crippen molar-refractivity contribution < 1.29 is 14.3 Å². The molecule has 0 spiro atoms. The van der Waals surface area contributed by atoms with E-state index in [1.54, 1.807) is 0 Å². The summed E-state index contributed by atoms with van der Waals surface area (Å²) in [5.74, 6) is 2.56. The number of amides is 1. The molecular weight excluding hydrogens is 304 g/mol. The fourth-order valence-electron chi connectivity index (χ4n) is 3.43. The van der Waals surface area contributed by atoms with Gasteiger partial charge in [-0.25, -0.2) is 0 Å². The molecule has 1 aromatic carbocycles. The van der Waals surface area contributed by atoms with Crippen molar-refractivity contribution in [2.24, 2.45) is 11.8 Å². The first-order valence-corrected chi connectivity index (χ1v) is 9.00. The van der Waals surface area contributed by atoms with E-state index in [0.29, 0.717) is 25.7 Å². The van der Waals surface area contributed by atoms with Crippen LogP contribution in [0.3, 0.4) is 0 Å². The zero-order valence-electron chi connectivity index (χ0n) is 14.7. The molecule has 0 saturated carbocycles. The van der Waals surface area contributed by atoms with E-state index >= 15 is 0 Å². The molecule has 1 fully saturated rings. The Morgan fingerprint density at radius 1 is 1.21 bits per heavy atom. The molecule has 1 amide bonds. The smallest absolute Gasteiger partial charge is 0.223 e. The van der Waals surface area contributed by atoms with E-state index in [4.69, 9.17) is 9.47 Å². The lowest BCUT2D eigenvalue weighted by molar-refractivity contribution is -0.126. The van der Waals surface area contributed by atoms with Gasteiger partial charge < -0.3 is 19.7 Å². The number of ether oxygens (including phenoxy) is 2. The van der Waals surface area contributed by atoms with Crippen molar-refractivity contribution in [2.75, 3.05) is 32.8 Å². The number of rotatable bonds is 5. The summed E-state index contributed by atoms with van der Waals surface area (Å²) < 4.78 is 11.1. The molecule has 5 heteroatoms. The fraction of sp³-hybridized carbons (Fsp3) is 0.632. The number of nitrogens with one attached hydrogen (secondary N) is 1. The normalized spacial score (nSPS) is 18.6. The molecule has 2 aliphatic heterocycles. The van der Waals surface area contributed by atoms with Gasteiger partial charge in [-0.05, 0) is 49.5 Å². The minimum Gasteiger partial charge on any atom is -0.486 e. The lowest BCUT2D eigenvalue weighted by atomic mass is 9.95. The molecular formula is C19H28N2O3. The predicted octanol–water partition coefficient (Wildman–Crippen LogP) is 2.44. The average molecular weight is 332 g/mol. The highest BCUT2D eigenvalue weighted by atomic mass is 16.6. The third-order valence-electron chi connectivity index (χ3n) is 4.66. The van der Waals surface area contributed by atoms with Crippen LogP contribution in [0.5, 0.6) is 11.5 Å². The maximum Gasteiger partial charge on any atom is 0.223 e. The second kappa shape index (κ2) is 7.88. The van der Waals surface area contributed by atoms with Gasteiger partial charge in [0.1, 0.15) is 13.2 Å². The van der Waals surface area contributed by atoms with E-state index in [1.165, 1.54) is 0 Å². The molecule has 132 valence electrons. The van der Waals surface area contributed by atoms with Gasteiger partial charge in [0.15, 0.2) is 11.5 Å². The highest BCUT2D eigenvalue weighted by Crippen LogP contribution is 2.30. The largest absolute Gasteiger partial charge is 0.486 e. The molecule has 0 aliphatic carbocycles. The summed E-state index contributed by atoms with van der Waals surface area (Å²) in [5.41, 5.74) is 1.05. The number of carbonyl (C=O) groups is 1. The second-order valence-electron chi connectivity index (χ2n) is 7.16. The van der Waals surface area contributed by atoms with E-state index in [2.05, 4.69) is 24.1 Å². The van der Waals surface area contributed by atoms with Crippen LogP contribution in [-0.4, -0.2) is 43.7 Å². The van der Waals surface area contributed by atoms with Crippen LogP contribution < -0.4 is 14.8 Å². The van der Waals surface area contributed by atoms with Gasteiger partial charge >= 0.3 is 0 Å². The van der Waals surface area contributed by atoms with Gasteiger partial charge in [0.25, 0.3) is 0 Å². The second-order valence-corrected chi connectivity index (χ2v) is 7.16. The van der Waals surface area contributed by atoms with Gasteiger partial charge in [0.05, 0.1) is 0 Å². The monoisotopic (exact) mass is 332 g/mol. The molecule has 0 aromatic heterocycles. The van der Waals surface area contributed by atoms with Gasteiger partial charge in [-0.2, -0.15) is 0 Å². The first-order chi connectivity index (χ1) is 11.6. The van der Waals surface area contributed by atoms with E-state index in [1.807, 2.05) is 18.2 Å². The minimum absolute atomic E-state index is 0.144. The van der Waals surface area contributed by atoms with E-state index in [-0.39, 0.29) is 11.8 Å². The number of piperidine rings is 1. The van der Waals surface area contributed by atoms with Crippen molar-refractivity contribution in [3.8, 4) is 11.5 Å². The molecule has 0 bridgehead atoms. The lowest BCUT2D eigenvalue weighted by Gasteiger charge is -2.32. The van der Waals surface area contributed by atoms with Gasteiger partial charge in [-0.15, -0.1) is 0 Å². The third kappa shape index (κ3) is 4.41. The zero-order chi connectivity index (χ0) is 16.9. The molecule has 1 aromatic rings. The van der Waals surface area contributed by atoms with Gasteiger partial charge in [0.2, 0.25) is 5.91 Å². The molecule has 2 heterocycles. The van der Waals surface area contributed by atoms with Gasteiger partial charge in [-0.3, -0.25) is 4.79 Å². The van der Waals surface area contributed by atoms with E-state index < -0.39 is 0 Å². The molecule has 1 saturated heterocycles. The van der Waals surface area contributed by atoms with Crippen LogP contribution in [0.4, 0.5) is 0 Å². The first kappa shape index (κ1) is 17.1. The predicted molar refractivity (Wildman–Crippen MR) is 93.3 cm³/mol. The molecule has 3 rings (SSSR count). The Morgan fingerprint density at radius 2 is 1.92 bits per heavy atom. The standard InChI is InChI=1S/C19H28N2O3/c1-14(2)13-21-7-5-16(6-8-21)19(22)20-12-15-3-4-17-18(11-15)24-10-9-23-17/h3-4,11,14,16H,5-10,12-13H2,1-2H3,(H,20,22). The number of benzene rings is 1. The Hall–Kier alpha value is -1.75. The summed E-state index contributed by atoms with van der Waals surface area (Å²) >= 11 is 0. The van der Waals surface area contributed by atoms with Crippen molar-refractivity contribution in [1.82, 2.24) is 10.2 Å². The summed E-state index contributed by atoms with van der Waals surface area (Å²) in [5, 5.41) is 3.08. The Bertz CT molecular complexity index is 566. The summed E-state index contributed by atoms with van der Waals surface area (Å²) in [6, 6.07) is 5.86. The van der Waals surface area contributed by atoms with Crippen molar-refractivity contribution >= 4 is 5.91 Å². The fourth-order valence-corrected chi connectivity index (χ4v) is 3.43. The van der Waals surface area contributed by atoms with Crippen LogP contribution in [0.15, 0.2) is 18.2 Å². The zero-order valence-corrected chi connectivity index (χ0v) is 14.7. The number of hydrogen-bond donors (Lipinski definition) is 1. The SMILES string of the molecule is CC(C)CN1CCC(C(=O)NCc2ccc3c(c2)OCCO3)CC1. The van der Waals surface area contributed by atoms with Crippen LogP contribution in [-0.2, 0) is 11.3 Å². The van der Waals surface area contributed by atoms with E-state index in [9.17, 15) is 4.79 Å². The van der Waals surface area contributed by atoms with Crippen LogP contribution in [0, 0.1) is 11.8 Å². The number of nitrogens with zero attached hydrogens (tertiary/aromatic N) is 1. The molecule has 0 unspecified atom stereocenters. The highest BCUT2D eigenvalue weighted by molar-refractivity contribution is 5.78. The molecule has 2 aliphatic rings. The Labute approximate surface area is 144 Å². The number of carbonyl (C=O) groups excluding carboxylic acids is 1. The Balaban J connectivity index is 1.46. The van der Waals surface area contributed by atoms with Gasteiger partial charge in [-0.1, -0.05) is 19.9 Å². The van der Waals surface area contributed by atoms with Crippen molar-refractivity contribution in [3.05, 3.63) is 23.8 Å². The molecule has 0 atom stereocenters. The molecule has 5 nitrogen and oxygen atoms in total. The van der Waals surface area contributed by atoms with Crippen LogP contribution in [0.2, 0.25) is 0 Å². The van der Waals surface area contributed by atoms with Crippen molar-refractivity contribution in [2.45, 2.75) is 33.2 Å². The Kier molecular flexibility index (Phi) is 5.61. The average Bonchev–Trinajstić information content (AvgIpc) is 2.59. The Morgan fingerprint density at radius 3 is 2.62 bits per heavy atom. The van der Waals surface area contributed by atoms with E-state index in [0.717, 1.165) is 49.5 Å². The first-order valence-electron chi connectivity index (χ1n) is 9.00. The third-order valence-corrected chi connectivity index (χ3v) is 4.66. The van der Waals surface area contributed by atoms with Crippen molar-refractivity contribution in [3.63, 3.8) is 0 Å². The molecule has 1 N–H and O–H groups in total. The summed E-state index contributed by atoms with van der Waals surface area (Å²) in [7, 11) is 0. The van der Waals surface area contributed by atoms with Crippen LogP contribution in [0.25, 0.3) is 0 Å². The van der Waals surface area contributed by atoms with Crippen molar-refractivity contribution in [1.29, 1.82) is 0 Å². The maximum absolute atomic E-state index is 12.4. The quantitative estimate of drug-likeness (QED) is 0.900. The highest BCUT2D eigenvalue weighted by Gasteiger charge is 2.25. The van der Waals surface area contributed by atoms with Crippen LogP contribution in [0.1, 0.15) is 32.3 Å². The topological polar surface area (TPSA) is 50.8 Å². The minimum atomic E-state index is 0.144. The number of hydrogen-bond acceptors (Lipinski definition) is 4. The summed E-state index contributed by atoms with van der Waals surface area (Å²) in [4.78, 5) is 14.9. The molecule has 0 radical (unpaired) electrons. The summed E-state index contributed by atoms with van der Waals surface area (Å²) in [6.45, 7) is 9.39.